The average Bonchev–Trinajstić information content (AvgIpc) is 2.94. The highest BCUT2D eigenvalue weighted by Crippen LogP contribution is 2.67. The van der Waals surface area contributed by atoms with Gasteiger partial charge in [-0.05, 0) is 96.5 Å². The molecule has 0 bridgehead atoms. The maximum Gasteiger partial charge on any atom is 0.0557 e. The Balaban J connectivity index is 1.63. The summed E-state index contributed by atoms with van der Waals surface area (Å²) in [5.74, 6) is 3.36. The van der Waals surface area contributed by atoms with Crippen molar-refractivity contribution in [3.05, 3.63) is 11.1 Å². The maximum absolute atomic E-state index is 10.3. The number of allylic oxidation sites excluding steroid dienone is 2. The molecular weight excluding hydrogens is 411 g/mol. The van der Waals surface area contributed by atoms with Crippen LogP contribution in [-0.2, 0) is 0 Å². The summed E-state index contributed by atoms with van der Waals surface area (Å²) in [5.41, 5.74) is 3.65. The highest BCUT2D eigenvalue weighted by atomic mass is 35.5. The first-order chi connectivity index (χ1) is 14.1. The van der Waals surface area contributed by atoms with Crippen molar-refractivity contribution in [3.8, 4) is 0 Å². The Morgan fingerprint density at radius 2 is 1.70 bits per heavy atom. The van der Waals surface area contributed by atoms with Crippen molar-refractivity contribution >= 4 is 23.2 Å². The summed E-state index contributed by atoms with van der Waals surface area (Å²) in [7, 11) is 0. The Bertz CT molecular complexity index is 672. The largest absolute Gasteiger partial charge is 0.393 e. The second kappa shape index (κ2) is 8.57. The first-order valence-corrected chi connectivity index (χ1v) is 13.7. The molecule has 4 aliphatic rings. The topological polar surface area (TPSA) is 20.2 Å². The van der Waals surface area contributed by atoms with Crippen LogP contribution < -0.4 is 0 Å². The Labute approximate surface area is 195 Å². The van der Waals surface area contributed by atoms with Crippen LogP contribution in [0.4, 0.5) is 0 Å². The Kier molecular flexibility index (Phi) is 6.69. The monoisotopic (exact) mass is 454 g/mol. The molecule has 0 aromatic heterocycles. The Morgan fingerprint density at radius 1 is 0.967 bits per heavy atom. The second-order valence-corrected chi connectivity index (χ2v) is 13.4. The van der Waals surface area contributed by atoms with E-state index in [1.165, 1.54) is 32.1 Å². The van der Waals surface area contributed by atoms with Crippen LogP contribution in [0.25, 0.3) is 0 Å². The van der Waals surface area contributed by atoms with Gasteiger partial charge in [0, 0.05) is 0 Å². The van der Waals surface area contributed by atoms with Crippen molar-refractivity contribution in [2.45, 2.75) is 116 Å². The molecule has 1 N–H and O–H groups in total. The van der Waals surface area contributed by atoms with Crippen molar-refractivity contribution in [2.24, 2.45) is 40.4 Å². The zero-order valence-electron chi connectivity index (χ0n) is 19.9. The average molecular weight is 456 g/mol. The molecule has 4 rings (SSSR count). The van der Waals surface area contributed by atoms with Crippen molar-refractivity contribution in [1.29, 1.82) is 0 Å². The molecule has 30 heavy (non-hydrogen) atoms. The fourth-order valence-electron chi connectivity index (χ4n) is 8.36. The van der Waals surface area contributed by atoms with Gasteiger partial charge in [-0.15, -0.1) is 23.2 Å². The summed E-state index contributed by atoms with van der Waals surface area (Å²) < 4.78 is 0. The molecule has 3 heteroatoms. The van der Waals surface area contributed by atoms with E-state index in [-0.39, 0.29) is 22.3 Å². The van der Waals surface area contributed by atoms with Gasteiger partial charge >= 0.3 is 0 Å². The summed E-state index contributed by atoms with van der Waals surface area (Å²) in [5, 5.41) is 10.6. The lowest BCUT2D eigenvalue weighted by Crippen LogP contribution is -2.51. The second-order valence-electron chi connectivity index (χ2n) is 12.3. The SMILES string of the molecule is CC(C)CCC[C@@H](C)[C@H]1C[C@@H](Cl)C2=C3[C@H](Cl)C[C@H]4C[C@@H](O)CC[C@]4(C)[C@H]3CC[C@@]21C. The molecule has 3 saturated carbocycles. The van der Waals surface area contributed by atoms with Crippen LogP contribution in [0, 0.1) is 40.4 Å². The summed E-state index contributed by atoms with van der Waals surface area (Å²) in [6.07, 6.45) is 11.6. The van der Waals surface area contributed by atoms with Gasteiger partial charge < -0.3 is 5.11 Å². The number of halogens is 2. The third-order valence-electron chi connectivity index (χ3n) is 10.1. The molecule has 4 aliphatic carbocycles. The van der Waals surface area contributed by atoms with Gasteiger partial charge in [0.05, 0.1) is 16.9 Å². The molecule has 3 fully saturated rings. The Morgan fingerprint density at radius 3 is 2.40 bits per heavy atom. The minimum Gasteiger partial charge on any atom is -0.393 e. The lowest BCUT2D eigenvalue weighted by molar-refractivity contribution is -0.0371. The summed E-state index contributed by atoms with van der Waals surface area (Å²) in [4.78, 5) is 0. The van der Waals surface area contributed by atoms with E-state index in [1.54, 1.807) is 11.1 Å². The Hall–Kier alpha value is 0.280. The molecule has 0 amide bonds. The van der Waals surface area contributed by atoms with Crippen molar-refractivity contribution in [2.75, 3.05) is 0 Å². The molecule has 0 radical (unpaired) electrons. The zero-order valence-corrected chi connectivity index (χ0v) is 21.4. The van der Waals surface area contributed by atoms with E-state index in [0.29, 0.717) is 23.2 Å². The van der Waals surface area contributed by atoms with E-state index >= 15 is 0 Å². The minimum atomic E-state index is -0.127. The van der Waals surface area contributed by atoms with Gasteiger partial charge in [0.2, 0.25) is 0 Å². The standard InChI is InChI=1S/C27H44Cl2O/c1-16(2)7-6-8-17(3)21-15-23(29)25-24-20(10-12-27(21,25)5)26(4)11-9-19(30)13-18(26)14-22(24)28/h16-23,30H,6-15H2,1-5H3/t17-,18-,19+,20+,21-,22-,23-,26+,27-/m1/s1. The highest BCUT2D eigenvalue weighted by molar-refractivity contribution is 6.24. The van der Waals surface area contributed by atoms with Crippen LogP contribution in [0.2, 0.25) is 0 Å². The van der Waals surface area contributed by atoms with Crippen LogP contribution in [0.1, 0.15) is 98.8 Å². The molecule has 172 valence electrons. The van der Waals surface area contributed by atoms with Crippen molar-refractivity contribution in [1.82, 2.24) is 0 Å². The van der Waals surface area contributed by atoms with Crippen LogP contribution in [0.5, 0.6) is 0 Å². The molecule has 0 aliphatic heterocycles. The van der Waals surface area contributed by atoms with Gasteiger partial charge in [-0.3, -0.25) is 0 Å². The molecule has 0 aromatic rings. The van der Waals surface area contributed by atoms with Gasteiger partial charge in [-0.25, -0.2) is 0 Å². The van der Waals surface area contributed by atoms with Crippen molar-refractivity contribution in [3.63, 3.8) is 0 Å². The molecule has 0 saturated heterocycles. The van der Waals surface area contributed by atoms with Crippen LogP contribution in [0.3, 0.4) is 0 Å². The first kappa shape index (κ1) is 23.4. The zero-order chi connectivity index (χ0) is 21.8. The number of hydrogen-bond donors (Lipinski definition) is 1. The third-order valence-corrected chi connectivity index (χ3v) is 10.9. The summed E-state index contributed by atoms with van der Waals surface area (Å²) >= 11 is 14.3. The summed E-state index contributed by atoms with van der Waals surface area (Å²) in [6.45, 7) is 12.2. The molecule has 0 spiro atoms. The smallest absolute Gasteiger partial charge is 0.0557 e. The normalized spacial score (nSPS) is 47.1. The molecule has 1 nitrogen and oxygen atoms in total. The number of rotatable bonds is 5. The van der Waals surface area contributed by atoms with E-state index in [0.717, 1.165) is 43.9 Å². The quantitative estimate of drug-likeness (QED) is 0.329. The van der Waals surface area contributed by atoms with Crippen LogP contribution in [0.15, 0.2) is 11.1 Å². The van der Waals surface area contributed by atoms with E-state index in [2.05, 4.69) is 34.6 Å². The van der Waals surface area contributed by atoms with Crippen LogP contribution in [-0.4, -0.2) is 22.0 Å². The predicted molar refractivity (Wildman–Crippen MR) is 129 cm³/mol. The number of alkyl halides is 2. The number of aliphatic hydroxyl groups excluding tert-OH is 1. The highest BCUT2D eigenvalue weighted by Gasteiger charge is 2.59. The molecule has 0 heterocycles. The molecule has 0 aromatic carbocycles. The maximum atomic E-state index is 10.3. The molecular formula is C27H44Cl2O. The third kappa shape index (κ3) is 3.81. The van der Waals surface area contributed by atoms with Crippen LogP contribution >= 0.6 is 23.2 Å². The predicted octanol–water partition coefficient (Wildman–Crippen LogP) is 7.97. The van der Waals surface area contributed by atoms with Gasteiger partial charge in [0.1, 0.15) is 0 Å². The number of fused-ring (bicyclic) bond motifs is 4. The van der Waals surface area contributed by atoms with Crippen molar-refractivity contribution < 1.29 is 5.11 Å². The lowest BCUT2D eigenvalue weighted by atomic mass is 9.48. The summed E-state index contributed by atoms with van der Waals surface area (Å²) in [6, 6.07) is 0. The van der Waals surface area contributed by atoms with E-state index < -0.39 is 0 Å². The van der Waals surface area contributed by atoms with Gasteiger partial charge in [-0.2, -0.15) is 0 Å². The fraction of sp³-hybridized carbons (Fsp3) is 0.926. The minimum absolute atomic E-state index is 0.115. The van der Waals surface area contributed by atoms with E-state index in [4.69, 9.17) is 23.2 Å². The lowest BCUT2D eigenvalue weighted by Gasteiger charge is -2.58. The fourth-order valence-corrected chi connectivity index (χ4v) is 9.41. The van der Waals surface area contributed by atoms with E-state index in [1.807, 2.05) is 0 Å². The molecule has 0 unspecified atom stereocenters. The van der Waals surface area contributed by atoms with E-state index in [9.17, 15) is 5.11 Å². The molecule has 9 atom stereocenters. The number of hydrogen-bond acceptors (Lipinski definition) is 1. The van der Waals surface area contributed by atoms with Gasteiger partial charge in [0.15, 0.2) is 0 Å². The van der Waals surface area contributed by atoms with Gasteiger partial charge in [-0.1, -0.05) is 53.9 Å². The first-order valence-electron chi connectivity index (χ1n) is 12.8. The van der Waals surface area contributed by atoms with Gasteiger partial charge in [0.25, 0.3) is 0 Å². The number of aliphatic hydroxyl groups is 1.